The van der Waals surface area contributed by atoms with Crippen LogP contribution in [0.5, 0.6) is 0 Å². The molecule has 0 spiro atoms. The Labute approximate surface area is 135 Å². The lowest BCUT2D eigenvalue weighted by Gasteiger charge is -2.19. The Kier molecular flexibility index (Phi) is 7.34. The molecule has 1 rings (SSSR count). The minimum Gasteiger partial charge on any atom is -0.444 e. The van der Waals surface area contributed by atoms with Crippen molar-refractivity contribution < 1.29 is 19.1 Å². The highest BCUT2D eigenvalue weighted by Crippen LogP contribution is 2.16. The number of nitrogens with zero attached hydrogens (tertiary/aromatic N) is 1. The lowest BCUT2D eigenvalue weighted by Crippen LogP contribution is -2.33. The number of thiophene rings is 1. The van der Waals surface area contributed by atoms with E-state index in [0.29, 0.717) is 19.6 Å². The van der Waals surface area contributed by atoms with Gasteiger partial charge in [-0.1, -0.05) is 0 Å². The van der Waals surface area contributed by atoms with Crippen molar-refractivity contribution >= 4 is 29.0 Å². The Morgan fingerprint density at radius 3 is 2.68 bits per heavy atom. The van der Waals surface area contributed by atoms with Gasteiger partial charge in [0.2, 0.25) is 0 Å². The van der Waals surface area contributed by atoms with Gasteiger partial charge in [-0.3, -0.25) is 4.79 Å². The molecule has 6 nitrogen and oxygen atoms in total. The maximum atomic E-state index is 11.9. The Morgan fingerprint density at radius 1 is 1.36 bits per heavy atom. The number of carbonyl (C=O) groups excluding carboxylic acids is 2. The highest BCUT2D eigenvalue weighted by Gasteiger charge is 2.15. The second kappa shape index (κ2) is 8.75. The molecule has 0 unspecified atom stereocenters. The molecule has 0 aliphatic heterocycles. The predicted octanol–water partition coefficient (Wildman–Crippen LogP) is 2.64. The molecular formula is C15H24N2O4S. The zero-order valence-corrected chi connectivity index (χ0v) is 14.4. The number of nitrogens with one attached hydrogen (secondary N) is 1. The number of hydrogen-bond donors (Lipinski definition) is 1. The molecule has 124 valence electrons. The van der Waals surface area contributed by atoms with Gasteiger partial charge in [-0.05, 0) is 38.6 Å². The molecule has 0 saturated carbocycles. The van der Waals surface area contributed by atoms with Crippen LogP contribution in [0.2, 0.25) is 0 Å². The largest absolute Gasteiger partial charge is 0.444 e. The molecule has 7 heteroatoms. The summed E-state index contributed by atoms with van der Waals surface area (Å²) in [6, 6.07) is 1.88. The van der Waals surface area contributed by atoms with Crippen molar-refractivity contribution in [1.82, 2.24) is 5.32 Å². The zero-order chi connectivity index (χ0) is 16.6. The normalized spacial score (nSPS) is 11.1. The monoisotopic (exact) mass is 328 g/mol. The van der Waals surface area contributed by atoms with Crippen molar-refractivity contribution in [3.05, 3.63) is 16.8 Å². The van der Waals surface area contributed by atoms with E-state index in [1.54, 1.807) is 11.9 Å². The molecule has 0 saturated heterocycles. The van der Waals surface area contributed by atoms with E-state index >= 15 is 0 Å². The fourth-order valence-corrected chi connectivity index (χ4v) is 2.20. The van der Waals surface area contributed by atoms with Gasteiger partial charge in [0.1, 0.15) is 12.2 Å². The SMILES string of the molecule is CN(C(=O)COCCCNC(=O)OC(C)(C)C)c1ccsc1. The summed E-state index contributed by atoms with van der Waals surface area (Å²) < 4.78 is 10.4. The molecule has 0 aliphatic rings. The molecule has 0 atom stereocenters. The lowest BCUT2D eigenvalue weighted by molar-refractivity contribution is -0.122. The van der Waals surface area contributed by atoms with E-state index in [4.69, 9.17) is 9.47 Å². The number of likely N-dealkylation sites (N-methyl/N-ethyl adjacent to an activating group) is 1. The van der Waals surface area contributed by atoms with E-state index in [2.05, 4.69) is 5.32 Å². The molecule has 1 aromatic heterocycles. The fraction of sp³-hybridized carbons (Fsp3) is 0.600. The molecule has 0 aromatic carbocycles. The number of ether oxygens (including phenoxy) is 2. The average molecular weight is 328 g/mol. The highest BCUT2D eigenvalue weighted by molar-refractivity contribution is 7.08. The number of anilines is 1. The summed E-state index contributed by atoms with van der Waals surface area (Å²) in [4.78, 5) is 24.8. The van der Waals surface area contributed by atoms with Crippen LogP contribution >= 0.6 is 11.3 Å². The maximum Gasteiger partial charge on any atom is 0.407 e. The second-order valence-electron chi connectivity index (χ2n) is 5.77. The first-order valence-electron chi connectivity index (χ1n) is 7.13. The predicted molar refractivity (Wildman–Crippen MR) is 87.4 cm³/mol. The Hall–Kier alpha value is -1.60. The van der Waals surface area contributed by atoms with Gasteiger partial charge in [0.15, 0.2) is 0 Å². The van der Waals surface area contributed by atoms with Gasteiger partial charge in [-0.25, -0.2) is 4.79 Å². The van der Waals surface area contributed by atoms with Gasteiger partial charge >= 0.3 is 6.09 Å². The van der Waals surface area contributed by atoms with Crippen LogP contribution in [0.15, 0.2) is 16.8 Å². The Morgan fingerprint density at radius 2 is 2.09 bits per heavy atom. The number of rotatable bonds is 7. The molecule has 1 N–H and O–H groups in total. The topological polar surface area (TPSA) is 67.9 Å². The third kappa shape index (κ3) is 7.42. The van der Waals surface area contributed by atoms with Crippen molar-refractivity contribution in [2.45, 2.75) is 32.8 Å². The molecular weight excluding hydrogens is 304 g/mol. The van der Waals surface area contributed by atoms with Crippen LogP contribution in [0.4, 0.5) is 10.5 Å². The summed E-state index contributed by atoms with van der Waals surface area (Å²) in [5.41, 5.74) is 0.365. The minimum atomic E-state index is -0.501. The third-order valence-electron chi connectivity index (χ3n) is 2.63. The van der Waals surface area contributed by atoms with E-state index in [0.717, 1.165) is 5.69 Å². The number of carbonyl (C=O) groups is 2. The van der Waals surface area contributed by atoms with Crippen molar-refractivity contribution in [2.75, 3.05) is 31.7 Å². The fourth-order valence-electron chi connectivity index (χ4n) is 1.53. The van der Waals surface area contributed by atoms with Crippen molar-refractivity contribution in [3.8, 4) is 0 Å². The van der Waals surface area contributed by atoms with Crippen LogP contribution in [0.25, 0.3) is 0 Å². The van der Waals surface area contributed by atoms with Crippen molar-refractivity contribution in [1.29, 1.82) is 0 Å². The molecule has 0 aliphatic carbocycles. The Balaban J connectivity index is 2.08. The van der Waals surface area contributed by atoms with E-state index in [1.165, 1.54) is 11.3 Å². The van der Waals surface area contributed by atoms with Crippen LogP contribution < -0.4 is 10.2 Å². The summed E-state index contributed by atoms with van der Waals surface area (Å²) in [6.07, 6.45) is 0.176. The quantitative estimate of drug-likeness (QED) is 0.781. The zero-order valence-electron chi connectivity index (χ0n) is 13.5. The standard InChI is InChI=1S/C15H24N2O4S/c1-15(2,3)21-14(19)16-7-5-8-20-10-13(18)17(4)12-6-9-22-11-12/h6,9,11H,5,7-8,10H2,1-4H3,(H,16,19). The molecule has 2 amide bonds. The second-order valence-corrected chi connectivity index (χ2v) is 6.55. The van der Waals surface area contributed by atoms with E-state index in [1.807, 2.05) is 37.6 Å². The molecule has 0 fully saturated rings. The first kappa shape index (κ1) is 18.4. The summed E-state index contributed by atoms with van der Waals surface area (Å²) in [5, 5.41) is 6.46. The molecule has 1 heterocycles. The van der Waals surface area contributed by atoms with Gasteiger partial charge in [-0.2, -0.15) is 11.3 Å². The summed E-state index contributed by atoms with van der Waals surface area (Å²) in [6.45, 7) is 6.31. The minimum absolute atomic E-state index is 0.0266. The van der Waals surface area contributed by atoms with Gasteiger partial charge in [0.05, 0.1) is 5.69 Å². The first-order valence-corrected chi connectivity index (χ1v) is 8.07. The maximum absolute atomic E-state index is 11.9. The highest BCUT2D eigenvalue weighted by atomic mass is 32.1. The van der Waals surface area contributed by atoms with Crippen molar-refractivity contribution in [2.24, 2.45) is 0 Å². The van der Waals surface area contributed by atoms with Gasteiger partial charge in [0.25, 0.3) is 5.91 Å². The smallest absolute Gasteiger partial charge is 0.407 e. The lowest BCUT2D eigenvalue weighted by atomic mass is 10.2. The van der Waals surface area contributed by atoms with E-state index < -0.39 is 11.7 Å². The number of amides is 2. The molecule has 0 bridgehead atoms. The summed E-state index contributed by atoms with van der Waals surface area (Å²) >= 11 is 1.54. The first-order chi connectivity index (χ1) is 10.3. The van der Waals surface area contributed by atoms with Gasteiger partial charge in [0, 0.05) is 25.6 Å². The van der Waals surface area contributed by atoms with E-state index in [9.17, 15) is 9.59 Å². The van der Waals surface area contributed by atoms with Crippen LogP contribution in [0, 0.1) is 0 Å². The van der Waals surface area contributed by atoms with Gasteiger partial charge < -0.3 is 19.7 Å². The third-order valence-corrected chi connectivity index (χ3v) is 3.30. The molecule has 0 radical (unpaired) electrons. The summed E-state index contributed by atoms with van der Waals surface area (Å²) in [7, 11) is 1.72. The summed E-state index contributed by atoms with van der Waals surface area (Å²) in [5.74, 6) is -0.0986. The number of alkyl carbamates (subject to hydrolysis) is 1. The Bertz CT molecular complexity index is 468. The van der Waals surface area contributed by atoms with Crippen LogP contribution in [-0.4, -0.2) is 44.4 Å². The van der Waals surface area contributed by atoms with Crippen LogP contribution in [0.3, 0.4) is 0 Å². The molecule has 22 heavy (non-hydrogen) atoms. The molecule has 1 aromatic rings. The van der Waals surface area contributed by atoms with Gasteiger partial charge in [-0.15, -0.1) is 0 Å². The van der Waals surface area contributed by atoms with E-state index in [-0.39, 0.29) is 12.5 Å². The van der Waals surface area contributed by atoms with Crippen molar-refractivity contribution in [3.63, 3.8) is 0 Å². The number of hydrogen-bond acceptors (Lipinski definition) is 5. The van der Waals surface area contributed by atoms with Crippen LogP contribution in [-0.2, 0) is 14.3 Å². The van der Waals surface area contributed by atoms with Crippen LogP contribution in [0.1, 0.15) is 27.2 Å². The average Bonchev–Trinajstić information content (AvgIpc) is 2.93.